The van der Waals surface area contributed by atoms with Gasteiger partial charge in [-0.2, -0.15) is 0 Å². The van der Waals surface area contributed by atoms with Crippen LogP contribution in [0.15, 0.2) is 36.5 Å². The molecule has 0 radical (unpaired) electrons. The Bertz CT molecular complexity index is 604. The minimum Gasteiger partial charge on any atom is -0.388 e. The van der Waals surface area contributed by atoms with E-state index in [-0.39, 0.29) is 10.0 Å². The second kappa shape index (κ2) is 5.29. The van der Waals surface area contributed by atoms with Gasteiger partial charge in [-0.25, -0.2) is 4.39 Å². The Morgan fingerprint density at radius 1 is 1.28 bits per heavy atom. The van der Waals surface area contributed by atoms with Gasteiger partial charge in [-0.15, -0.1) is 0 Å². The summed E-state index contributed by atoms with van der Waals surface area (Å²) >= 11 is 10.4. The Balaban J connectivity index is 2.25. The number of nitrogens with one attached hydrogen (secondary N) is 1. The molecule has 0 aliphatic rings. The highest BCUT2D eigenvalue weighted by atomic mass is 35.5. The molecule has 3 N–H and O–H groups in total. The molecule has 1 aromatic carbocycles. The number of nitrogens with two attached hydrogens (primary N) is 1. The van der Waals surface area contributed by atoms with Crippen LogP contribution in [0.3, 0.4) is 0 Å². The highest BCUT2D eigenvalue weighted by Crippen LogP contribution is 2.22. The number of hydrogen-bond donors (Lipinski definition) is 2. The lowest BCUT2D eigenvalue weighted by Crippen LogP contribution is -2.11. The van der Waals surface area contributed by atoms with Crippen LogP contribution in [0, 0.1) is 5.82 Å². The second-order valence-corrected chi connectivity index (χ2v) is 4.39. The summed E-state index contributed by atoms with van der Waals surface area (Å²) in [5.41, 5.74) is 7.29. The summed E-state index contributed by atoms with van der Waals surface area (Å²) in [5, 5.41) is 3.10. The molecule has 0 saturated heterocycles. The largest absolute Gasteiger partial charge is 0.388 e. The fourth-order valence-corrected chi connectivity index (χ4v) is 1.61. The van der Waals surface area contributed by atoms with Crippen molar-refractivity contribution in [3.8, 4) is 0 Å². The maximum Gasteiger partial charge on any atom is 0.143 e. The summed E-state index contributed by atoms with van der Waals surface area (Å²) < 4.78 is 13.3. The van der Waals surface area contributed by atoms with E-state index in [1.807, 2.05) is 0 Å². The maximum absolute atomic E-state index is 13.3. The molecule has 0 bridgehead atoms. The maximum atomic E-state index is 13.3. The van der Waals surface area contributed by atoms with Crippen molar-refractivity contribution < 1.29 is 4.39 Å². The molecule has 0 fully saturated rings. The fourth-order valence-electron chi connectivity index (χ4n) is 1.38. The van der Waals surface area contributed by atoms with Gasteiger partial charge in [0.1, 0.15) is 10.8 Å². The van der Waals surface area contributed by atoms with Crippen LogP contribution in [0.1, 0.15) is 5.69 Å². The number of thiocarbonyl (C=S) groups is 1. The van der Waals surface area contributed by atoms with Crippen molar-refractivity contribution >= 4 is 40.2 Å². The highest BCUT2D eigenvalue weighted by molar-refractivity contribution is 7.80. The highest BCUT2D eigenvalue weighted by Gasteiger charge is 2.03. The Kier molecular flexibility index (Phi) is 3.74. The van der Waals surface area contributed by atoms with E-state index >= 15 is 0 Å². The van der Waals surface area contributed by atoms with Gasteiger partial charge in [0.25, 0.3) is 0 Å². The number of nitrogens with zero attached hydrogens (tertiary/aromatic N) is 1. The first-order valence-corrected chi connectivity index (χ1v) is 5.83. The van der Waals surface area contributed by atoms with E-state index in [0.29, 0.717) is 11.4 Å². The van der Waals surface area contributed by atoms with Crippen molar-refractivity contribution in [2.75, 3.05) is 5.32 Å². The second-order valence-electron chi connectivity index (χ2n) is 3.55. The molecule has 0 atom stereocenters. The molecule has 0 amide bonds. The van der Waals surface area contributed by atoms with Crippen molar-refractivity contribution in [1.82, 2.24) is 4.98 Å². The molecule has 1 aromatic heterocycles. The molecule has 2 aromatic rings. The van der Waals surface area contributed by atoms with Crippen LogP contribution >= 0.6 is 23.8 Å². The van der Waals surface area contributed by atoms with Gasteiger partial charge in [-0.05, 0) is 30.3 Å². The van der Waals surface area contributed by atoms with Gasteiger partial charge in [0.2, 0.25) is 0 Å². The molecule has 1 heterocycles. The molecule has 0 spiro atoms. The molecule has 0 unspecified atom stereocenters. The van der Waals surface area contributed by atoms with Gasteiger partial charge in [-0.3, -0.25) is 4.98 Å². The zero-order valence-corrected chi connectivity index (χ0v) is 10.7. The predicted octanol–water partition coefficient (Wildman–Crippen LogP) is 3.25. The zero-order valence-electron chi connectivity index (χ0n) is 9.15. The first-order chi connectivity index (χ1) is 8.56. The summed E-state index contributed by atoms with van der Waals surface area (Å²) in [6.45, 7) is 0. The molecular weight excluding hydrogens is 273 g/mol. The van der Waals surface area contributed by atoms with Crippen molar-refractivity contribution in [2.45, 2.75) is 0 Å². The molecular formula is C12H9ClFN3S. The number of pyridine rings is 1. The third kappa shape index (κ3) is 2.94. The van der Waals surface area contributed by atoms with Crippen LogP contribution in [-0.2, 0) is 0 Å². The Hall–Kier alpha value is -1.72. The van der Waals surface area contributed by atoms with Crippen molar-refractivity contribution in [1.29, 1.82) is 0 Å². The molecule has 6 heteroatoms. The van der Waals surface area contributed by atoms with Crippen LogP contribution in [0.25, 0.3) is 0 Å². The molecule has 0 saturated carbocycles. The number of anilines is 2. The standard InChI is InChI=1S/C12H9ClFN3S/c13-9-2-1-7(5-10(9)14)17-8-3-4-16-11(6-8)12(15)18/h1-6H,(H2,15,18)(H,16,17). The minimum atomic E-state index is -0.481. The van der Waals surface area contributed by atoms with E-state index < -0.39 is 5.82 Å². The Morgan fingerprint density at radius 2 is 2.00 bits per heavy atom. The summed E-state index contributed by atoms with van der Waals surface area (Å²) in [5.74, 6) is -0.481. The molecule has 3 nitrogen and oxygen atoms in total. The lowest BCUT2D eigenvalue weighted by molar-refractivity contribution is 0.629. The summed E-state index contributed by atoms with van der Waals surface area (Å²) in [6, 6.07) is 7.88. The van der Waals surface area contributed by atoms with Gasteiger partial charge < -0.3 is 11.1 Å². The van der Waals surface area contributed by atoms with Crippen molar-refractivity contribution in [2.24, 2.45) is 5.73 Å². The van der Waals surface area contributed by atoms with E-state index in [9.17, 15) is 4.39 Å². The third-order valence-electron chi connectivity index (χ3n) is 2.22. The average Bonchev–Trinajstić information content (AvgIpc) is 2.34. The molecule has 2 rings (SSSR count). The molecule has 0 aliphatic carbocycles. The zero-order chi connectivity index (χ0) is 13.1. The SMILES string of the molecule is NC(=S)c1cc(Nc2ccc(Cl)c(F)c2)ccn1. The molecule has 18 heavy (non-hydrogen) atoms. The van der Waals surface area contributed by atoms with Gasteiger partial charge in [0, 0.05) is 17.6 Å². The van der Waals surface area contributed by atoms with Gasteiger partial charge in [0.05, 0.1) is 10.7 Å². The van der Waals surface area contributed by atoms with Crippen molar-refractivity contribution in [3.05, 3.63) is 53.1 Å². The first-order valence-electron chi connectivity index (χ1n) is 5.04. The Labute approximate surface area is 114 Å². The van der Waals surface area contributed by atoms with E-state index in [4.69, 9.17) is 29.6 Å². The number of rotatable bonds is 3. The van der Waals surface area contributed by atoms with E-state index in [1.54, 1.807) is 24.4 Å². The third-order valence-corrected chi connectivity index (χ3v) is 2.74. The summed E-state index contributed by atoms with van der Waals surface area (Å²) in [4.78, 5) is 4.22. The number of aromatic nitrogens is 1. The van der Waals surface area contributed by atoms with E-state index in [2.05, 4.69) is 10.3 Å². The lowest BCUT2D eigenvalue weighted by Gasteiger charge is -2.08. The molecule has 92 valence electrons. The number of hydrogen-bond acceptors (Lipinski definition) is 3. The van der Waals surface area contributed by atoms with Crippen LogP contribution in [0.2, 0.25) is 5.02 Å². The van der Waals surface area contributed by atoms with Crippen molar-refractivity contribution in [3.63, 3.8) is 0 Å². The lowest BCUT2D eigenvalue weighted by atomic mass is 10.2. The van der Waals surface area contributed by atoms with Crippen LogP contribution in [0.5, 0.6) is 0 Å². The number of halogens is 2. The molecule has 0 aliphatic heterocycles. The summed E-state index contributed by atoms with van der Waals surface area (Å²) in [7, 11) is 0. The van der Waals surface area contributed by atoms with Crippen LogP contribution < -0.4 is 11.1 Å². The quantitative estimate of drug-likeness (QED) is 0.848. The predicted molar refractivity (Wildman–Crippen MR) is 74.8 cm³/mol. The van der Waals surface area contributed by atoms with Gasteiger partial charge in [-0.1, -0.05) is 23.8 Å². The topological polar surface area (TPSA) is 50.9 Å². The van der Waals surface area contributed by atoms with Gasteiger partial charge in [0.15, 0.2) is 0 Å². The van der Waals surface area contributed by atoms with Crippen LogP contribution in [0.4, 0.5) is 15.8 Å². The smallest absolute Gasteiger partial charge is 0.143 e. The Morgan fingerprint density at radius 3 is 2.67 bits per heavy atom. The number of benzene rings is 1. The summed E-state index contributed by atoms with van der Waals surface area (Å²) in [6.07, 6.45) is 1.57. The first kappa shape index (κ1) is 12.7. The fraction of sp³-hybridized carbons (Fsp3) is 0. The van der Waals surface area contributed by atoms with Gasteiger partial charge >= 0.3 is 0 Å². The van der Waals surface area contributed by atoms with E-state index in [0.717, 1.165) is 5.69 Å². The van der Waals surface area contributed by atoms with Crippen LogP contribution in [-0.4, -0.2) is 9.97 Å². The van der Waals surface area contributed by atoms with E-state index in [1.165, 1.54) is 12.1 Å². The minimum absolute atomic E-state index is 0.0825. The monoisotopic (exact) mass is 281 g/mol. The normalized spacial score (nSPS) is 10.1. The average molecular weight is 282 g/mol.